The molecule has 0 aliphatic heterocycles. The fraction of sp³-hybridized carbons (Fsp3) is 0.133. The number of rotatable bonds is 4. The summed E-state index contributed by atoms with van der Waals surface area (Å²) in [5.74, 6) is -4.62. The molecule has 6 heteroatoms. The number of hydrogen-bond acceptors (Lipinski definition) is 2. The van der Waals surface area contributed by atoms with Crippen LogP contribution in [0, 0.1) is 17.5 Å². The average molecular weight is 295 g/mol. The summed E-state index contributed by atoms with van der Waals surface area (Å²) in [4.78, 5) is 11.8. The van der Waals surface area contributed by atoms with Gasteiger partial charge in [-0.3, -0.25) is 4.79 Å². The first kappa shape index (κ1) is 14.9. The van der Waals surface area contributed by atoms with Gasteiger partial charge in [0.25, 0.3) is 5.91 Å². The first-order valence-electron chi connectivity index (χ1n) is 6.15. The van der Waals surface area contributed by atoms with Crippen molar-refractivity contribution in [3.63, 3.8) is 0 Å². The largest absolute Gasteiger partial charge is 0.481 e. The molecule has 0 radical (unpaired) electrons. The zero-order chi connectivity index (χ0) is 15.4. The van der Waals surface area contributed by atoms with Gasteiger partial charge in [-0.15, -0.1) is 0 Å². The first-order chi connectivity index (χ1) is 9.99. The molecule has 0 spiro atoms. The van der Waals surface area contributed by atoms with Crippen LogP contribution in [0.5, 0.6) is 5.75 Å². The van der Waals surface area contributed by atoms with Gasteiger partial charge in [0.15, 0.2) is 23.6 Å². The second kappa shape index (κ2) is 6.30. The van der Waals surface area contributed by atoms with E-state index in [0.29, 0.717) is 5.75 Å². The van der Waals surface area contributed by atoms with E-state index in [2.05, 4.69) is 5.32 Å². The van der Waals surface area contributed by atoms with E-state index in [9.17, 15) is 18.0 Å². The Hall–Kier alpha value is -2.50. The van der Waals surface area contributed by atoms with Crippen molar-refractivity contribution in [1.82, 2.24) is 0 Å². The Morgan fingerprint density at radius 1 is 1.05 bits per heavy atom. The SMILES string of the molecule is C[C@@H](Oc1ccccc1)C(=O)Nc1ccc(F)c(F)c1F. The van der Waals surface area contributed by atoms with E-state index in [1.54, 1.807) is 30.3 Å². The second-order valence-electron chi connectivity index (χ2n) is 4.29. The van der Waals surface area contributed by atoms with Crippen molar-refractivity contribution >= 4 is 11.6 Å². The molecule has 0 heterocycles. The third kappa shape index (κ3) is 3.53. The summed E-state index contributed by atoms with van der Waals surface area (Å²) in [7, 11) is 0. The van der Waals surface area contributed by atoms with Gasteiger partial charge in [-0.2, -0.15) is 0 Å². The Balaban J connectivity index is 2.06. The third-order valence-electron chi connectivity index (χ3n) is 2.72. The van der Waals surface area contributed by atoms with Crippen LogP contribution in [-0.2, 0) is 4.79 Å². The molecule has 21 heavy (non-hydrogen) atoms. The summed E-state index contributed by atoms with van der Waals surface area (Å²) in [6.45, 7) is 1.46. The lowest BCUT2D eigenvalue weighted by Gasteiger charge is -2.15. The van der Waals surface area contributed by atoms with Gasteiger partial charge in [-0.25, -0.2) is 13.2 Å². The molecular weight excluding hydrogens is 283 g/mol. The fourth-order valence-electron chi connectivity index (χ4n) is 1.61. The highest BCUT2D eigenvalue weighted by molar-refractivity contribution is 5.94. The standard InChI is InChI=1S/C15H12F3NO2/c1-9(21-10-5-3-2-4-6-10)15(20)19-12-8-7-11(16)13(17)14(12)18/h2-9H,1H3,(H,19,20)/t9-/m1/s1. The van der Waals surface area contributed by atoms with E-state index in [4.69, 9.17) is 4.74 Å². The molecule has 0 aliphatic carbocycles. The highest BCUT2D eigenvalue weighted by Crippen LogP contribution is 2.20. The van der Waals surface area contributed by atoms with Crippen molar-refractivity contribution in [1.29, 1.82) is 0 Å². The molecule has 3 nitrogen and oxygen atoms in total. The summed E-state index contributed by atoms with van der Waals surface area (Å²) < 4.78 is 44.6. The summed E-state index contributed by atoms with van der Waals surface area (Å²) in [5, 5.41) is 2.15. The third-order valence-corrected chi connectivity index (χ3v) is 2.72. The summed E-state index contributed by atoms with van der Waals surface area (Å²) in [6.07, 6.45) is -0.931. The van der Waals surface area contributed by atoms with Crippen LogP contribution in [0.1, 0.15) is 6.92 Å². The van der Waals surface area contributed by atoms with Gasteiger partial charge in [0.05, 0.1) is 5.69 Å². The molecule has 110 valence electrons. The number of ether oxygens (including phenoxy) is 1. The van der Waals surface area contributed by atoms with Crippen LogP contribution in [0.3, 0.4) is 0 Å². The lowest BCUT2D eigenvalue weighted by molar-refractivity contribution is -0.122. The normalized spacial score (nSPS) is 11.8. The van der Waals surface area contributed by atoms with E-state index in [1.807, 2.05) is 0 Å². The fourth-order valence-corrected chi connectivity index (χ4v) is 1.61. The zero-order valence-corrected chi connectivity index (χ0v) is 11.1. The lowest BCUT2D eigenvalue weighted by Crippen LogP contribution is -2.30. The van der Waals surface area contributed by atoms with Gasteiger partial charge >= 0.3 is 0 Å². The smallest absolute Gasteiger partial charge is 0.265 e. The first-order valence-corrected chi connectivity index (χ1v) is 6.15. The molecule has 1 amide bonds. The van der Waals surface area contributed by atoms with Gasteiger partial charge in [-0.1, -0.05) is 18.2 Å². The van der Waals surface area contributed by atoms with Crippen LogP contribution in [0.2, 0.25) is 0 Å². The number of anilines is 1. The van der Waals surface area contributed by atoms with Gasteiger partial charge in [0.1, 0.15) is 5.75 Å². The molecular formula is C15H12F3NO2. The molecule has 0 unspecified atom stereocenters. The predicted octanol–water partition coefficient (Wildman–Crippen LogP) is 3.51. The van der Waals surface area contributed by atoms with Crippen molar-refractivity contribution in [2.75, 3.05) is 5.32 Å². The molecule has 0 fully saturated rings. The van der Waals surface area contributed by atoms with Crippen LogP contribution in [0.4, 0.5) is 18.9 Å². The average Bonchev–Trinajstić information content (AvgIpc) is 2.48. The molecule has 2 aromatic carbocycles. The molecule has 0 saturated heterocycles. The van der Waals surface area contributed by atoms with Crippen molar-refractivity contribution in [2.45, 2.75) is 13.0 Å². The van der Waals surface area contributed by atoms with E-state index < -0.39 is 35.2 Å². The van der Waals surface area contributed by atoms with Crippen LogP contribution >= 0.6 is 0 Å². The molecule has 0 aliphatic rings. The minimum atomic E-state index is -1.63. The van der Waals surface area contributed by atoms with E-state index >= 15 is 0 Å². The molecule has 1 atom stereocenters. The monoisotopic (exact) mass is 295 g/mol. The number of benzene rings is 2. The Morgan fingerprint density at radius 2 is 1.71 bits per heavy atom. The van der Waals surface area contributed by atoms with Crippen LogP contribution < -0.4 is 10.1 Å². The molecule has 2 rings (SSSR count). The van der Waals surface area contributed by atoms with Gasteiger partial charge in [0, 0.05) is 0 Å². The van der Waals surface area contributed by atoms with Gasteiger partial charge in [-0.05, 0) is 31.2 Å². The van der Waals surface area contributed by atoms with E-state index in [-0.39, 0.29) is 0 Å². The number of para-hydroxylation sites is 1. The summed E-state index contributed by atoms with van der Waals surface area (Å²) in [6, 6.07) is 10.2. The number of halogens is 3. The number of nitrogens with one attached hydrogen (secondary N) is 1. The molecule has 0 aromatic heterocycles. The molecule has 0 bridgehead atoms. The topological polar surface area (TPSA) is 38.3 Å². The number of carbonyl (C=O) groups excluding carboxylic acids is 1. The predicted molar refractivity (Wildman–Crippen MR) is 71.5 cm³/mol. The van der Waals surface area contributed by atoms with Crippen LogP contribution in [0.15, 0.2) is 42.5 Å². The highest BCUT2D eigenvalue weighted by atomic mass is 19.2. The molecule has 1 N–H and O–H groups in total. The van der Waals surface area contributed by atoms with Crippen molar-refractivity contribution in [3.8, 4) is 5.75 Å². The molecule has 2 aromatic rings. The van der Waals surface area contributed by atoms with Crippen molar-refractivity contribution in [3.05, 3.63) is 59.9 Å². The minimum absolute atomic E-state index is 0.442. The van der Waals surface area contributed by atoms with E-state index in [0.717, 1.165) is 12.1 Å². The van der Waals surface area contributed by atoms with Gasteiger partial charge < -0.3 is 10.1 Å². The van der Waals surface area contributed by atoms with Gasteiger partial charge in [0.2, 0.25) is 0 Å². The summed E-state index contributed by atoms with van der Waals surface area (Å²) in [5.41, 5.74) is -0.442. The lowest BCUT2D eigenvalue weighted by atomic mass is 10.2. The van der Waals surface area contributed by atoms with Crippen LogP contribution in [-0.4, -0.2) is 12.0 Å². The summed E-state index contributed by atoms with van der Waals surface area (Å²) >= 11 is 0. The Labute approximate surface area is 119 Å². The molecule has 0 saturated carbocycles. The Bertz CT molecular complexity index is 647. The number of amides is 1. The maximum atomic E-state index is 13.4. The zero-order valence-electron chi connectivity index (χ0n) is 11.1. The Kier molecular flexibility index (Phi) is 4.47. The number of carbonyl (C=O) groups is 1. The Morgan fingerprint density at radius 3 is 2.38 bits per heavy atom. The maximum Gasteiger partial charge on any atom is 0.265 e. The van der Waals surface area contributed by atoms with E-state index in [1.165, 1.54) is 6.92 Å². The quantitative estimate of drug-likeness (QED) is 0.877. The van der Waals surface area contributed by atoms with Crippen molar-refractivity contribution in [2.24, 2.45) is 0 Å². The minimum Gasteiger partial charge on any atom is -0.481 e. The maximum absolute atomic E-state index is 13.4. The van der Waals surface area contributed by atoms with Crippen LogP contribution in [0.25, 0.3) is 0 Å². The van der Waals surface area contributed by atoms with Crippen molar-refractivity contribution < 1.29 is 22.7 Å². The highest BCUT2D eigenvalue weighted by Gasteiger charge is 2.19. The number of hydrogen-bond donors (Lipinski definition) is 1. The second-order valence-corrected chi connectivity index (χ2v) is 4.29.